The molecule has 2 N–H and O–H groups in total. The van der Waals surface area contributed by atoms with Gasteiger partial charge in [-0.25, -0.2) is 4.79 Å². The highest BCUT2D eigenvalue weighted by atomic mass is 32.1. The first kappa shape index (κ1) is 33.6. The molecule has 0 aliphatic heterocycles. The van der Waals surface area contributed by atoms with E-state index in [1.807, 2.05) is 42.6 Å². The van der Waals surface area contributed by atoms with Crippen molar-refractivity contribution in [3.63, 3.8) is 0 Å². The molecule has 0 saturated heterocycles. The number of ketones is 1. The van der Waals surface area contributed by atoms with Gasteiger partial charge in [-0.05, 0) is 119 Å². The number of rotatable bonds is 8. The molecule has 4 unspecified atom stereocenters. The highest BCUT2D eigenvalue weighted by molar-refractivity contribution is 7.14. The molecule has 3 aliphatic carbocycles. The summed E-state index contributed by atoms with van der Waals surface area (Å²) in [4.78, 5) is 32.0. The molecule has 3 aliphatic rings. The summed E-state index contributed by atoms with van der Waals surface area (Å²) in [6, 6.07) is 14.0. The summed E-state index contributed by atoms with van der Waals surface area (Å²) in [5.74, 6) is -0.108. The van der Waals surface area contributed by atoms with Crippen molar-refractivity contribution in [2.24, 2.45) is 5.41 Å². The second-order valence-corrected chi connectivity index (χ2v) is 15.5. The fourth-order valence-electron chi connectivity index (χ4n) is 7.35. The van der Waals surface area contributed by atoms with E-state index in [2.05, 4.69) is 32.1 Å². The summed E-state index contributed by atoms with van der Waals surface area (Å²) >= 11 is 3.16. The topological polar surface area (TPSA) is 87.1 Å². The predicted octanol–water partition coefficient (Wildman–Crippen LogP) is 8.09. The van der Waals surface area contributed by atoms with Gasteiger partial charge in [-0.3, -0.25) is 4.79 Å². The van der Waals surface area contributed by atoms with Crippen LogP contribution in [-0.2, 0) is 17.6 Å². The minimum Gasteiger partial charge on any atom is -0.450 e. The minimum absolute atomic E-state index is 0.0100. The Morgan fingerprint density at radius 2 is 1.93 bits per heavy atom. The van der Waals surface area contributed by atoms with Crippen LogP contribution in [0.15, 0.2) is 59.5 Å². The van der Waals surface area contributed by atoms with Crippen LogP contribution in [0.1, 0.15) is 101 Å². The summed E-state index contributed by atoms with van der Waals surface area (Å²) in [5, 5.41) is 25.6. The van der Waals surface area contributed by atoms with Crippen LogP contribution in [0.5, 0.6) is 0 Å². The van der Waals surface area contributed by atoms with E-state index in [0.29, 0.717) is 55.5 Å². The molecule has 4 atom stereocenters. The number of aliphatic hydroxyl groups is 2. The Balaban J connectivity index is 1.56. The van der Waals surface area contributed by atoms with Crippen molar-refractivity contribution in [3.05, 3.63) is 90.8 Å². The Bertz CT molecular complexity index is 1510. The second kappa shape index (κ2) is 14.3. The molecule has 0 spiro atoms. The van der Waals surface area contributed by atoms with Crippen molar-refractivity contribution in [2.75, 3.05) is 19.7 Å². The van der Waals surface area contributed by atoms with Crippen LogP contribution in [0.4, 0.5) is 4.79 Å². The maximum atomic E-state index is 14.1. The molecule has 242 valence electrons. The maximum Gasteiger partial charge on any atom is 0.409 e. The Kier molecular flexibility index (Phi) is 10.7. The number of carbonyl (C=O) groups excluding carboxylic acids is 2. The first-order chi connectivity index (χ1) is 21.5. The number of amides is 1. The number of ether oxygens (including phenoxy) is 1. The maximum absolute atomic E-state index is 14.1. The van der Waals surface area contributed by atoms with E-state index >= 15 is 0 Å². The van der Waals surface area contributed by atoms with Gasteiger partial charge < -0.3 is 19.8 Å². The number of allylic oxidation sites excluding steroid dienone is 2. The van der Waals surface area contributed by atoms with Gasteiger partial charge in [0.2, 0.25) is 5.78 Å². The lowest BCUT2D eigenvalue weighted by molar-refractivity contribution is -0.0807. The molecule has 1 amide bonds. The van der Waals surface area contributed by atoms with Gasteiger partial charge >= 0.3 is 6.09 Å². The number of fused-ring (bicyclic) bond motifs is 8. The summed E-state index contributed by atoms with van der Waals surface area (Å²) in [6.07, 6.45) is 6.65. The molecule has 0 radical (unpaired) electrons. The number of aliphatic hydroxyl groups excluding tert-OH is 1. The van der Waals surface area contributed by atoms with Gasteiger partial charge in [0.05, 0.1) is 29.7 Å². The summed E-state index contributed by atoms with van der Waals surface area (Å²) in [6.45, 7) is 8.98. The quantitative estimate of drug-likeness (QED) is 0.190. The normalized spacial score (nSPS) is 25.3. The number of benzene rings is 1. The lowest BCUT2D eigenvalue weighted by atomic mass is 9.64. The smallest absolute Gasteiger partial charge is 0.409 e. The summed E-state index contributed by atoms with van der Waals surface area (Å²) in [5.41, 5.74) is 1.97. The Morgan fingerprint density at radius 1 is 1.11 bits per heavy atom. The van der Waals surface area contributed by atoms with Crippen molar-refractivity contribution < 1.29 is 24.5 Å². The highest BCUT2D eigenvalue weighted by Crippen LogP contribution is 2.59. The van der Waals surface area contributed by atoms with E-state index in [4.69, 9.17) is 4.74 Å². The van der Waals surface area contributed by atoms with Crippen LogP contribution in [0.3, 0.4) is 0 Å². The SMILES string of the molecule is CCOC(=O)N(CCc1cccs1)CC1(O)CCC2c3ccc(cc3C(=O)c3ccc(C)s3)CC(O)CCC(C)=CCCC21C. The van der Waals surface area contributed by atoms with Crippen LogP contribution in [-0.4, -0.2) is 58.4 Å². The third kappa shape index (κ3) is 7.46. The van der Waals surface area contributed by atoms with Crippen molar-refractivity contribution >= 4 is 34.6 Å². The van der Waals surface area contributed by atoms with Gasteiger partial charge in [-0.15, -0.1) is 22.7 Å². The number of nitrogens with zero attached hydrogens (tertiary/aromatic N) is 1. The first-order valence-electron chi connectivity index (χ1n) is 16.3. The third-order valence-corrected chi connectivity index (χ3v) is 12.0. The summed E-state index contributed by atoms with van der Waals surface area (Å²) in [7, 11) is 0. The van der Waals surface area contributed by atoms with E-state index in [9.17, 15) is 19.8 Å². The largest absolute Gasteiger partial charge is 0.450 e. The zero-order chi connectivity index (χ0) is 32.2. The third-order valence-electron chi connectivity index (χ3n) is 10.1. The van der Waals surface area contributed by atoms with Crippen LogP contribution in [0.2, 0.25) is 0 Å². The zero-order valence-corrected chi connectivity index (χ0v) is 28.6. The molecule has 1 aromatic carbocycles. The molecule has 2 bridgehead atoms. The lowest BCUT2D eigenvalue weighted by Crippen LogP contribution is -2.54. The van der Waals surface area contributed by atoms with Crippen molar-refractivity contribution in [1.29, 1.82) is 0 Å². The number of aryl methyl sites for hydroxylation is 1. The Labute approximate surface area is 275 Å². The van der Waals surface area contributed by atoms with Crippen LogP contribution < -0.4 is 0 Å². The average Bonchev–Trinajstić information content (AvgIpc) is 3.74. The summed E-state index contributed by atoms with van der Waals surface area (Å²) < 4.78 is 5.48. The number of hydrogen-bond donors (Lipinski definition) is 2. The fraction of sp³-hybridized carbons (Fsp3) is 0.514. The van der Waals surface area contributed by atoms with Gasteiger partial charge in [0.15, 0.2) is 0 Å². The highest BCUT2D eigenvalue weighted by Gasteiger charge is 2.57. The monoisotopic (exact) mass is 649 g/mol. The van der Waals surface area contributed by atoms with Gasteiger partial charge in [0.1, 0.15) is 0 Å². The first-order valence-corrected chi connectivity index (χ1v) is 18.0. The van der Waals surface area contributed by atoms with Crippen LogP contribution >= 0.6 is 22.7 Å². The van der Waals surface area contributed by atoms with Crippen LogP contribution in [0.25, 0.3) is 0 Å². The minimum atomic E-state index is -1.19. The lowest BCUT2D eigenvalue weighted by Gasteiger charge is -2.46. The van der Waals surface area contributed by atoms with E-state index < -0.39 is 23.2 Å². The van der Waals surface area contributed by atoms with E-state index in [0.717, 1.165) is 28.8 Å². The molecule has 1 saturated carbocycles. The molecule has 6 nitrogen and oxygen atoms in total. The number of hydrogen-bond acceptors (Lipinski definition) is 7. The molecular formula is C37H47NO5S2. The number of thiophene rings is 2. The Hall–Kier alpha value is -2.78. The average molecular weight is 650 g/mol. The zero-order valence-electron chi connectivity index (χ0n) is 27.0. The molecule has 45 heavy (non-hydrogen) atoms. The van der Waals surface area contributed by atoms with E-state index in [-0.39, 0.29) is 24.9 Å². The fourth-order valence-corrected chi connectivity index (χ4v) is 8.87. The molecule has 3 aromatic rings. The molecule has 6 rings (SSSR count). The second-order valence-electron chi connectivity index (χ2n) is 13.1. The van der Waals surface area contributed by atoms with Gasteiger partial charge in [-0.1, -0.05) is 36.8 Å². The van der Waals surface area contributed by atoms with Gasteiger partial charge in [0, 0.05) is 27.3 Å². The van der Waals surface area contributed by atoms with E-state index in [1.165, 1.54) is 21.8 Å². The molecule has 1 fully saturated rings. The number of carbonyl (C=O) groups is 2. The molecule has 2 heterocycles. The predicted molar refractivity (Wildman–Crippen MR) is 183 cm³/mol. The van der Waals surface area contributed by atoms with Crippen molar-refractivity contribution in [2.45, 2.75) is 96.7 Å². The molecule has 8 heteroatoms. The van der Waals surface area contributed by atoms with Gasteiger partial charge in [0.25, 0.3) is 0 Å². The van der Waals surface area contributed by atoms with Crippen LogP contribution in [0, 0.1) is 12.3 Å². The van der Waals surface area contributed by atoms with E-state index in [1.54, 1.807) is 23.2 Å². The van der Waals surface area contributed by atoms with Gasteiger partial charge in [-0.2, -0.15) is 0 Å². The molecular weight excluding hydrogens is 603 g/mol. The van der Waals surface area contributed by atoms with Crippen molar-refractivity contribution in [3.8, 4) is 0 Å². The van der Waals surface area contributed by atoms with Crippen molar-refractivity contribution in [1.82, 2.24) is 4.90 Å². The Morgan fingerprint density at radius 3 is 2.64 bits per heavy atom. The molecule has 2 aromatic heterocycles. The standard InChI is InChI=1S/C37H47NO5S2/c1-5-43-35(41)38(20-17-29-9-7-21-44-29)24-37(42)19-16-32-30-14-12-27(23-31(30)34(40)33-15-11-26(3)45-33)22-28(39)13-10-25(2)8-6-18-36(32,37)4/h7-9,11-12,14-15,21,23,28,32,39,42H,5-6,10,13,16-20,22,24H2,1-4H3.